The molecule has 118 valence electrons. The van der Waals surface area contributed by atoms with Gasteiger partial charge in [0.15, 0.2) is 0 Å². The summed E-state index contributed by atoms with van der Waals surface area (Å²) in [7, 11) is 0. The summed E-state index contributed by atoms with van der Waals surface area (Å²) in [5, 5.41) is 1.48. The third-order valence-electron chi connectivity index (χ3n) is 3.80. The maximum Gasteiger partial charge on any atom is 0.0945 e. The molecule has 0 spiro atoms. The van der Waals surface area contributed by atoms with Crippen LogP contribution in [0.25, 0.3) is 0 Å². The second-order valence-corrected chi connectivity index (χ2v) is 9.48. The van der Waals surface area contributed by atoms with Crippen molar-refractivity contribution in [3.63, 3.8) is 0 Å². The molecule has 1 aromatic heterocycles. The van der Waals surface area contributed by atoms with Gasteiger partial charge < -0.3 is 4.57 Å². The average molecular weight is 373 g/mol. The Morgan fingerprint density at radius 3 is 2.73 bits per heavy atom. The summed E-state index contributed by atoms with van der Waals surface area (Å²) in [6, 6.07) is 5.85. The van der Waals surface area contributed by atoms with Crippen LogP contribution >= 0.6 is 46.7 Å². The first kappa shape index (κ1) is 16.6. The lowest BCUT2D eigenvalue weighted by molar-refractivity contribution is 0.592. The maximum atomic E-state index is 6.39. The normalized spacial score (nSPS) is 17.5. The van der Waals surface area contributed by atoms with Gasteiger partial charge in [0.1, 0.15) is 0 Å². The van der Waals surface area contributed by atoms with Crippen LogP contribution in [0, 0.1) is 0 Å². The third kappa shape index (κ3) is 4.16. The number of halogens is 2. The van der Waals surface area contributed by atoms with Gasteiger partial charge in [-0.1, -0.05) is 29.3 Å². The Balaban J connectivity index is 1.76. The van der Waals surface area contributed by atoms with Crippen LogP contribution < -0.4 is 0 Å². The van der Waals surface area contributed by atoms with Crippen LogP contribution in [-0.4, -0.2) is 25.1 Å². The van der Waals surface area contributed by atoms with Crippen molar-refractivity contribution >= 4 is 46.7 Å². The third-order valence-corrected chi connectivity index (χ3v) is 7.83. The van der Waals surface area contributed by atoms with E-state index in [0.717, 1.165) is 24.4 Å². The minimum Gasteiger partial charge on any atom is -0.337 e. The highest BCUT2D eigenvalue weighted by Gasteiger charge is 2.34. The fraction of sp³-hybridized carbons (Fsp3) is 0.438. The van der Waals surface area contributed by atoms with Crippen LogP contribution in [0.1, 0.15) is 18.4 Å². The first-order chi connectivity index (χ1) is 10.7. The van der Waals surface area contributed by atoms with E-state index in [4.69, 9.17) is 23.2 Å². The van der Waals surface area contributed by atoms with Crippen LogP contribution in [0.5, 0.6) is 0 Å². The van der Waals surface area contributed by atoms with Gasteiger partial charge in [0.2, 0.25) is 0 Å². The van der Waals surface area contributed by atoms with Crippen LogP contribution in [0.3, 0.4) is 0 Å². The first-order valence-corrected chi connectivity index (χ1v) is 10.1. The molecule has 0 unspecified atom stereocenters. The predicted molar refractivity (Wildman–Crippen MR) is 99.3 cm³/mol. The van der Waals surface area contributed by atoms with Crippen molar-refractivity contribution in [1.29, 1.82) is 0 Å². The Morgan fingerprint density at radius 2 is 2.05 bits per heavy atom. The molecule has 0 atom stereocenters. The molecule has 0 radical (unpaired) electrons. The number of hydrogen-bond donors (Lipinski definition) is 0. The van der Waals surface area contributed by atoms with E-state index in [9.17, 15) is 0 Å². The molecule has 22 heavy (non-hydrogen) atoms. The number of hydrogen-bond acceptors (Lipinski definition) is 3. The average Bonchev–Trinajstić information content (AvgIpc) is 3.03. The molecule has 2 aromatic rings. The molecule has 2 nitrogen and oxygen atoms in total. The van der Waals surface area contributed by atoms with Crippen LogP contribution in [-0.2, 0) is 13.0 Å². The zero-order chi connectivity index (χ0) is 15.4. The number of aromatic nitrogens is 2. The fourth-order valence-electron chi connectivity index (χ4n) is 2.63. The lowest BCUT2D eigenvalue weighted by Crippen LogP contribution is -2.29. The highest BCUT2D eigenvalue weighted by Crippen LogP contribution is 2.48. The monoisotopic (exact) mass is 372 g/mol. The van der Waals surface area contributed by atoms with Gasteiger partial charge in [-0.3, -0.25) is 0 Å². The molecule has 0 N–H and O–H groups in total. The van der Waals surface area contributed by atoms with Gasteiger partial charge in [0.05, 0.1) is 10.4 Å². The van der Waals surface area contributed by atoms with Crippen molar-refractivity contribution < 1.29 is 0 Å². The van der Waals surface area contributed by atoms with Gasteiger partial charge in [-0.2, -0.15) is 0 Å². The highest BCUT2D eigenvalue weighted by molar-refractivity contribution is 8.18. The second kappa shape index (κ2) is 7.52. The summed E-state index contributed by atoms with van der Waals surface area (Å²) in [5.74, 6) is 2.45. The molecule has 1 aliphatic rings. The molecule has 1 saturated heterocycles. The van der Waals surface area contributed by atoms with Crippen molar-refractivity contribution in [1.82, 2.24) is 9.55 Å². The smallest absolute Gasteiger partial charge is 0.0945 e. The molecule has 2 heterocycles. The Morgan fingerprint density at radius 1 is 1.23 bits per heavy atom. The number of benzene rings is 1. The number of nitrogens with zero attached hydrogens (tertiary/aromatic N) is 2. The lowest BCUT2D eigenvalue weighted by atomic mass is 10.1. The van der Waals surface area contributed by atoms with Gasteiger partial charge >= 0.3 is 0 Å². The van der Waals surface area contributed by atoms with Gasteiger partial charge in [-0.05, 0) is 48.5 Å². The molecule has 0 aliphatic carbocycles. The maximum absolute atomic E-state index is 6.39. The molecule has 0 saturated carbocycles. The minimum atomic E-state index is 0.194. The molecule has 0 bridgehead atoms. The van der Waals surface area contributed by atoms with Crippen molar-refractivity contribution in [3.8, 4) is 0 Å². The summed E-state index contributed by atoms with van der Waals surface area (Å²) in [6.07, 6.45) is 9.13. The van der Waals surface area contributed by atoms with Crippen LogP contribution in [0.2, 0.25) is 10.0 Å². The van der Waals surface area contributed by atoms with E-state index >= 15 is 0 Å². The molecule has 0 amide bonds. The van der Waals surface area contributed by atoms with E-state index in [0.29, 0.717) is 5.02 Å². The van der Waals surface area contributed by atoms with E-state index in [-0.39, 0.29) is 4.08 Å². The van der Waals surface area contributed by atoms with Crippen LogP contribution in [0.15, 0.2) is 36.9 Å². The second-order valence-electron chi connectivity index (χ2n) is 5.42. The van der Waals surface area contributed by atoms with E-state index in [1.54, 1.807) is 0 Å². The SMILES string of the molecule is Clc1ccc(CC2(CCn3ccnc3)SCCCS2)c(Cl)c1. The largest absolute Gasteiger partial charge is 0.337 e. The summed E-state index contributed by atoms with van der Waals surface area (Å²) in [6.45, 7) is 0.991. The van der Waals surface area contributed by atoms with Crippen molar-refractivity contribution in [2.24, 2.45) is 0 Å². The van der Waals surface area contributed by atoms with E-state index in [1.807, 2.05) is 30.9 Å². The van der Waals surface area contributed by atoms with Crippen molar-refractivity contribution in [3.05, 3.63) is 52.5 Å². The predicted octanol–water partition coefficient (Wildman–Crippen LogP) is 5.39. The Bertz CT molecular complexity index is 611. The van der Waals surface area contributed by atoms with Crippen molar-refractivity contribution in [2.75, 3.05) is 11.5 Å². The lowest BCUT2D eigenvalue weighted by Gasteiger charge is -2.36. The molecule has 1 aromatic carbocycles. The summed E-state index contributed by atoms with van der Waals surface area (Å²) < 4.78 is 2.35. The van der Waals surface area contributed by atoms with Gasteiger partial charge in [0, 0.05) is 29.0 Å². The van der Waals surface area contributed by atoms with Crippen LogP contribution in [0.4, 0.5) is 0 Å². The topological polar surface area (TPSA) is 17.8 Å². The number of aryl methyl sites for hydroxylation is 1. The molecule has 6 heteroatoms. The number of imidazole rings is 1. The van der Waals surface area contributed by atoms with Gasteiger partial charge in [-0.25, -0.2) is 4.98 Å². The van der Waals surface area contributed by atoms with Gasteiger partial charge in [-0.15, -0.1) is 23.5 Å². The standard InChI is InChI=1S/C16H18Cl2N2S2/c17-14-3-2-13(15(18)10-14)11-16(21-8-1-9-22-16)4-6-20-7-5-19-12-20/h2-3,5,7,10,12H,1,4,6,8-9,11H2. The number of thioether (sulfide) groups is 2. The van der Waals surface area contributed by atoms with E-state index in [1.165, 1.54) is 23.5 Å². The van der Waals surface area contributed by atoms with Gasteiger partial charge in [0.25, 0.3) is 0 Å². The highest BCUT2D eigenvalue weighted by atomic mass is 35.5. The van der Waals surface area contributed by atoms with Crippen molar-refractivity contribution in [2.45, 2.75) is 29.9 Å². The van der Waals surface area contributed by atoms with E-state index in [2.05, 4.69) is 39.1 Å². The summed E-state index contributed by atoms with van der Waals surface area (Å²) in [4.78, 5) is 4.13. The molecule has 1 aliphatic heterocycles. The quantitative estimate of drug-likeness (QED) is 0.700. The molecular weight excluding hydrogens is 355 g/mol. The zero-order valence-corrected chi connectivity index (χ0v) is 15.3. The summed E-state index contributed by atoms with van der Waals surface area (Å²) >= 11 is 16.6. The molecule has 3 rings (SSSR count). The Kier molecular flexibility index (Phi) is 5.66. The number of rotatable bonds is 5. The molecule has 1 fully saturated rings. The molecular formula is C16H18Cl2N2S2. The zero-order valence-electron chi connectivity index (χ0n) is 12.2. The Labute approximate surface area is 150 Å². The summed E-state index contributed by atoms with van der Waals surface area (Å²) in [5.41, 5.74) is 1.19. The van der Waals surface area contributed by atoms with E-state index < -0.39 is 0 Å². The minimum absolute atomic E-state index is 0.194. The first-order valence-electron chi connectivity index (χ1n) is 7.34. The fourth-order valence-corrected chi connectivity index (χ4v) is 6.42. The Hall–Kier alpha value is -0.290.